The van der Waals surface area contributed by atoms with E-state index < -0.39 is 11.7 Å². The molecule has 2 aromatic heterocycles. The Morgan fingerprint density at radius 2 is 1.97 bits per heavy atom. The first kappa shape index (κ1) is 22.9. The molecule has 0 fully saturated rings. The topological polar surface area (TPSA) is 131 Å². The molecule has 0 aliphatic rings. The fraction of sp³-hybridized carbons (Fsp3) is 0.318. The zero-order valence-electron chi connectivity index (χ0n) is 18.2. The van der Waals surface area contributed by atoms with Gasteiger partial charge in [0.05, 0.1) is 18.8 Å². The minimum Gasteiger partial charge on any atom is -0.492 e. The van der Waals surface area contributed by atoms with Crippen molar-refractivity contribution >= 4 is 17.7 Å². The maximum absolute atomic E-state index is 11.7. The van der Waals surface area contributed by atoms with Crippen LogP contribution in [-0.4, -0.2) is 49.9 Å². The molecule has 32 heavy (non-hydrogen) atoms. The first-order valence-corrected chi connectivity index (χ1v) is 10.0. The van der Waals surface area contributed by atoms with E-state index >= 15 is 0 Å². The molecule has 1 amide bonds. The lowest BCUT2D eigenvalue weighted by Crippen LogP contribution is -2.34. The highest BCUT2D eigenvalue weighted by Crippen LogP contribution is 2.21. The van der Waals surface area contributed by atoms with Gasteiger partial charge in [-0.05, 0) is 45.0 Å². The molecule has 10 heteroatoms. The fourth-order valence-electron chi connectivity index (χ4n) is 2.63. The molecule has 0 bridgehead atoms. The molecule has 0 unspecified atom stereocenters. The summed E-state index contributed by atoms with van der Waals surface area (Å²) >= 11 is 0. The highest BCUT2D eigenvalue weighted by Gasteiger charge is 2.15. The number of rotatable bonds is 8. The van der Waals surface area contributed by atoms with E-state index in [2.05, 4.69) is 30.6 Å². The van der Waals surface area contributed by atoms with E-state index in [-0.39, 0.29) is 13.2 Å². The first-order chi connectivity index (χ1) is 15.3. The standard InChI is InChI=1S/C22H26N6O4/c1-22(2,3)32-21(30)24-9-10-31-18-6-4-5-16(12-18)27-20-26-14-25-19(28-20)15-7-8-23-17(11-15)13-29/h4-8,11-12,14,29H,9-10,13H2,1-3H3,(H,24,30)(H,25,26,27,28). The lowest BCUT2D eigenvalue weighted by atomic mass is 10.2. The average Bonchev–Trinajstić information content (AvgIpc) is 2.76. The Morgan fingerprint density at radius 1 is 1.12 bits per heavy atom. The number of benzene rings is 1. The van der Waals surface area contributed by atoms with Gasteiger partial charge < -0.3 is 25.2 Å². The van der Waals surface area contributed by atoms with Crippen molar-refractivity contribution in [1.29, 1.82) is 0 Å². The number of aliphatic hydroxyl groups excluding tert-OH is 1. The van der Waals surface area contributed by atoms with Crippen molar-refractivity contribution < 1.29 is 19.4 Å². The lowest BCUT2D eigenvalue weighted by molar-refractivity contribution is 0.0520. The predicted molar refractivity (Wildman–Crippen MR) is 118 cm³/mol. The summed E-state index contributed by atoms with van der Waals surface area (Å²) in [6.07, 6.45) is 2.52. The SMILES string of the molecule is CC(C)(C)OC(=O)NCCOc1cccc(Nc2ncnc(-c3ccnc(CO)c3)n2)c1. The van der Waals surface area contributed by atoms with Gasteiger partial charge in [0, 0.05) is 23.5 Å². The molecule has 3 aromatic rings. The van der Waals surface area contributed by atoms with E-state index in [1.807, 2.05) is 18.2 Å². The van der Waals surface area contributed by atoms with Gasteiger partial charge in [-0.15, -0.1) is 0 Å². The van der Waals surface area contributed by atoms with Gasteiger partial charge in [0.15, 0.2) is 5.82 Å². The molecule has 0 aliphatic heterocycles. The number of hydrogen-bond acceptors (Lipinski definition) is 9. The molecular weight excluding hydrogens is 412 g/mol. The maximum atomic E-state index is 11.7. The van der Waals surface area contributed by atoms with E-state index in [9.17, 15) is 9.90 Å². The molecule has 0 saturated heterocycles. The number of nitrogens with one attached hydrogen (secondary N) is 2. The van der Waals surface area contributed by atoms with E-state index in [4.69, 9.17) is 9.47 Å². The van der Waals surface area contributed by atoms with E-state index in [0.717, 1.165) is 11.3 Å². The number of anilines is 2. The number of aromatic nitrogens is 4. The van der Waals surface area contributed by atoms with Crippen LogP contribution in [0.15, 0.2) is 48.9 Å². The van der Waals surface area contributed by atoms with E-state index in [1.165, 1.54) is 6.33 Å². The number of pyridine rings is 1. The highest BCUT2D eigenvalue weighted by molar-refractivity contribution is 5.67. The lowest BCUT2D eigenvalue weighted by Gasteiger charge is -2.19. The summed E-state index contributed by atoms with van der Waals surface area (Å²) in [4.78, 5) is 28.5. The molecule has 0 aliphatic carbocycles. The molecule has 0 spiro atoms. The second kappa shape index (κ2) is 10.5. The van der Waals surface area contributed by atoms with Gasteiger partial charge in [-0.25, -0.2) is 14.8 Å². The van der Waals surface area contributed by atoms with Crippen LogP contribution in [0.1, 0.15) is 26.5 Å². The molecule has 2 heterocycles. The second-order valence-corrected chi connectivity index (χ2v) is 7.76. The molecule has 3 N–H and O–H groups in total. The predicted octanol–water partition coefficient (Wildman–Crippen LogP) is 3.07. The van der Waals surface area contributed by atoms with E-state index in [1.54, 1.807) is 45.2 Å². The van der Waals surface area contributed by atoms with Gasteiger partial charge in [-0.3, -0.25) is 4.98 Å². The normalized spacial score (nSPS) is 11.0. The molecule has 0 saturated carbocycles. The number of aliphatic hydroxyl groups is 1. The number of ether oxygens (including phenoxy) is 2. The van der Waals surface area contributed by atoms with Crippen LogP contribution in [0.2, 0.25) is 0 Å². The number of alkyl carbamates (subject to hydrolysis) is 1. The summed E-state index contributed by atoms with van der Waals surface area (Å²) in [7, 11) is 0. The summed E-state index contributed by atoms with van der Waals surface area (Å²) < 4.78 is 10.9. The van der Waals surface area contributed by atoms with Crippen molar-refractivity contribution in [2.75, 3.05) is 18.5 Å². The Kier molecular flexibility index (Phi) is 7.50. The van der Waals surface area contributed by atoms with Crippen molar-refractivity contribution in [2.24, 2.45) is 0 Å². The Balaban J connectivity index is 1.57. The van der Waals surface area contributed by atoms with Crippen molar-refractivity contribution in [3.8, 4) is 17.1 Å². The Bertz CT molecular complexity index is 1050. The number of nitrogens with zero attached hydrogens (tertiary/aromatic N) is 4. The zero-order valence-corrected chi connectivity index (χ0v) is 18.2. The zero-order chi connectivity index (χ0) is 23.0. The van der Waals surface area contributed by atoms with Gasteiger partial charge in [-0.1, -0.05) is 6.07 Å². The minimum absolute atomic E-state index is 0.163. The minimum atomic E-state index is -0.543. The summed E-state index contributed by atoms with van der Waals surface area (Å²) in [5, 5.41) is 15.0. The van der Waals surface area contributed by atoms with Gasteiger partial charge >= 0.3 is 6.09 Å². The van der Waals surface area contributed by atoms with Crippen LogP contribution >= 0.6 is 0 Å². The van der Waals surface area contributed by atoms with Crippen molar-refractivity contribution in [1.82, 2.24) is 25.3 Å². The first-order valence-electron chi connectivity index (χ1n) is 10.0. The Labute approximate surface area is 186 Å². The third-order valence-corrected chi connectivity index (χ3v) is 3.94. The number of carbonyl (C=O) groups is 1. The van der Waals surface area contributed by atoms with Gasteiger partial charge in [0.2, 0.25) is 5.95 Å². The van der Waals surface area contributed by atoms with Crippen LogP contribution in [0.5, 0.6) is 5.75 Å². The van der Waals surface area contributed by atoms with Crippen LogP contribution < -0.4 is 15.4 Å². The van der Waals surface area contributed by atoms with Crippen LogP contribution in [0.25, 0.3) is 11.4 Å². The molecule has 3 rings (SSSR count). The van der Waals surface area contributed by atoms with Crippen LogP contribution in [0.4, 0.5) is 16.4 Å². The molecule has 0 atom stereocenters. The molecular formula is C22H26N6O4. The van der Waals surface area contributed by atoms with Crippen LogP contribution in [0, 0.1) is 0 Å². The van der Waals surface area contributed by atoms with Gasteiger partial charge in [0.25, 0.3) is 0 Å². The van der Waals surface area contributed by atoms with E-state index in [0.29, 0.717) is 29.8 Å². The molecule has 168 valence electrons. The van der Waals surface area contributed by atoms with Crippen molar-refractivity contribution in [3.63, 3.8) is 0 Å². The smallest absolute Gasteiger partial charge is 0.407 e. The Hall–Kier alpha value is -3.79. The quantitative estimate of drug-likeness (QED) is 0.454. The fourth-order valence-corrected chi connectivity index (χ4v) is 2.63. The number of hydrogen-bond donors (Lipinski definition) is 3. The van der Waals surface area contributed by atoms with Crippen molar-refractivity contribution in [3.05, 3.63) is 54.6 Å². The number of carbonyl (C=O) groups excluding carboxylic acids is 1. The summed E-state index contributed by atoms with van der Waals surface area (Å²) in [5.41, 5.74) is 1.44. The highest BCUT2D eigenvalue weighted by atomic mass is 16.6. The summed E-state index contributed by atoms with van der Waals surface area (Å²) in [6.45, 7) is 5.85. The average molecular weight is 438 g/mol. The maximum Gasteiger partial charge on any atom is 0.407 e. The van der Waals surface area contributed by atoms with Crippen LogP contribution in [-0.2, 0) is 11.3 Å². The second-order valence-electron chi connectivity index (χ2n) is 7.76. The largest absolute Gasteiger partial charge is 0.492 e. The third-order valence-electron chi connectivity index (χ3n) is 3.94. The van der Waals surface area contributed by atoms with Gasteiger partial charge in [-0.2, -0.15) is 4.98 Å². The third kappa shape index (κ3) is 7.17. The number of amides is 1. The summed E-state index contributed by atoms with van der Waals surface area (Å²) in [6, 6.07) is 10.8. The monoisotopic (exact) mass is 438 g/mol. The Morgan fingerprint density at radius 3 is 2.75 bits per heavy atom. The van der Waals surface area contributed by atoms with Crippen molar-refractivity contribution in [2.45, 2.75) is 33.0 Å². The summed E-state index contributed by atoms with van der Waals surface area (Å²) in [5.74, 6) is 1.44. The van der Waals surface area contributed by atoms with Crippen LogP contribution in [0.3, 0.4) is 0 Å². The molecule has 10 nitrogen and oxygen atoms in total. The molecule has 1 aromatic carbocycles. The molecule has 0 radical (unpaired) electrons. The van der Waals surface area contributed by atoms with Gasteiger partial charge in [0.1, 0.15) is 24.3 Å².